The maximum Gasteiger partial charge on any atom is 0.185 e. The molecule has 0 atom stereocenters. The minimum atomic E-state index is 0.398. The van der Waals surface area contributed by atoms with Crippen molar-refractivity contribution in [3.63, 3.8) is 0 Å². The van der Waals surface area contributed by atoms with Crippen molar-refractivity contribution in [3.8, 4) is 0 Å². The standard InChI is InChI=1S/C10H11NO2/c12-7-9-1-2-10(13-9)8-3-5-11-6-4-8/h1-3,7,11H,4-6H2. The summed E-state index contributed by atoms with van der Waals surface area (Å²) in [5.74, 6) is 1.22. The summed E-state index contributed by atoms with van der Waals surface area (Å²) in [5.41, 5.74) is 1.19. The molecule has 0 aliphatic carbocycles. The highest BCUT2D eigenvalue weighted by atomic mass is 16.3. The molecule has 3 heteroatoms. The van der Waals surface area contributed by atoms with Crippen LogP contribution in [0, 0.1) is 0 Å². The van der Waals surface area contributed by atoms with Gasteiger partial charge in [0.2, 0.25) is 0 Å². The number of carbonyl (C=O) groups excluding carboxylic acids is 1. The van der Waals surface area contributed by atoms with Gasteiger partial charge in [0.1, 0.15) is 5.76 Å². The smallest absolute Gasteiger partial charge is 0.185 e. The first-order valence-corrected chi connectivity index (χ1v) is 4.35. The van der Waals surface area contributed by atoms with Gasteiger partial charge in [-0.2, -0.15) is 0 Å². The lowest BCUT2D eigenvalue weighted by atomic mass is 10.1. The largest absolute Gasteiger partial charge is 0.454 e. The van der Waals surface area contributed by atoms with Crippen LogP contribution in [0.25, 0.3) is 5.57 Å². The molecule has 0 radical (unpaired) electrons. The van der Waals surface area contributed by atoms with E-state index in [1.165, 1.54) is 5.57 Å². The summed E-state index contributed by atoms with van der Waals surface area (Å²) in [7, 11) is 0. The van der Waals surface area contributed by atoms with Gasteiger partial charge in [-0.25, -0.2) is 0 Å². The zero-order valence-electron chi connectivity index (χ0n) is 7.25. The maximum atomic E-state index is 10.4. The van der Waals surface area contributed by atoms with Crippen LogP contribution in [-0.4, -0.2) is 19.4 Å². The Kier molecular flexibility index (Phi) is 2.27. The van der Waals surface area contributed by atoms with Gasteiger partial charge in [0, 0.05) is 6.54 Å². The second-order valence-electron chi connectivity index (χ2n) is 3.00. The Morgan fingerprint density at radius 3 is 3.00 bits per heavy atom. The third-order valence-electron chi connectivity index (χ3n) is 2.12. The summed E-state index contributed by atoms with van der Waals surface area (Å²) in [6, 6.07) is 3.55. The van der Waals surface area contributed by atoms with Gasteiger partial charge < -0.3 is 9.73 Å². The molecule has 0 unspecified atom stereocenters. The molecule has 1 N–H and O–H groups in total. The molecular formula is C10H11NO2. The van der Waals surface area contributed by atoms with E-state index in [1.807, 2.05) is 6.07 Å². The van der Waals surface area contributed by atoms with Crippen molar-refractivity contribution in [2.24, 2.45) is 0 Å². The number of carbonyl (C=O) groups is 1. The van der Waals surface area contributed by atoms with Crippen molar-refractivity contribution < 1.29 is 9.21 Å². The van der Waals surface area contributed by atoms with Gasteiger partial charge in [0.05, 0.1) is 0 Å². The Labute approximate surface area is 76.4 Å². The molecular weight excluding hydrogens is 166 g/mol. The Balaban J connectivity index is 2.23. The molecule has 0 bridgehead atoms. The minimum Gasteiger partial charge on any atom is -0.454 e. The second kappa shape index (κ2) is 3.58. The normalized spacial score (nSPS) is 16.8. The molecule has 13 heavy (non-hydrogen) atoms. The van der Waals surface area contributed by atoms with Crippen LogP contribution in [0.3, 0.4) is 0 Å². The van der Waals surface area contributed by atoms with Gasteiger partial charge in [-0.3, -0.25) is 4.79 Å². The third-order valence-corrected chi connectivity index (χ3v) is 2.12. The monoisotopic (exact) mass is 177 g/mol. The summed E-state index contributed by atoms with van der Waals surface area (Å²) in [6.45, 7) is 1.86. The van der Waals surface area contributed by atoms with E-state index >= 15 is 0 Å². The summed E-state index contributed by atoms with van der Waals surface area (Å²) >= 11 is 0. The van der Waals surface area contributed by atoms with E-state index in [0.717, 1.165) is 31.6 Å². The number of aldehydes is 1. The van der Waals surface area contributed by atoms with Crippen molar-refractivity contribution in [2.75, 3.05) is 13.1 Å². The lowest BCUT2D eigenvalue weighted by Crippen LogP contribution is -2.19. The molecule has 0 fully saturated rings. The summed E-state index contributed by atoms with van der Waals surface area (Å²) < 4.78 is 5.31. The minimum absolute atomic E-state index is 0.398. The van der Waals surface area contributed by atoms with Gasteiger partial charge in [-0.1, -0.05) is 6.08 Å². The van der Waals surface area contributed by atoms with Gasteiger partial charge in [0.15, 0.2) is 12.0 Å². The molecule has 3 nitrogen and oxygen atoms in total. The van der Waals surface area contributed by atoms with Gasteiger partial charge >= 0.3 is 0 Å². The van der Waals surface area contributed by atoms with E-state index < -0.39 is 0 Å². The second-order valence-corrected chi connectivity index (χ2v) is 3.00. The zero-order valence-corrected chi connectivity index (χ0v) is 7.25. The fourth-order valence-corrected chi connectivity index (χ4v) is 1.44. The van der Waals surface area contributed by atoms with Crippen LogP contribution in [0.4, 0.5) is 0 Å². The van der Waals surface area contributed by atoms with E-state index in [-0.39, 0.29) is 0 Å². The molecule has 0 spiro atoms. The van der Waals surface area contributed by atoms with Gasteiger partial charge in [-0.15, -0.1) is 0 Å². The number of hydrogen-bond acceptors (Lipinski definition) is 3. The van der Waals surface area contributed by atoms with Crippen LogP contribution in [0.2, 0.25) is 0 Å². The average Bonchev–Trinajstić information content (AvgIpc) is 2.67. The Hall–Kier alpha value is -1.35. The fraction of sp³-hybridized carbons (Fsp3) is 0.300. The van der Waals surface area contributed by atoms with Gasteiger partial charge in [0.25, 0.3) is 0 Å². The fourth-order valence-electron chi connectivity index (χ4n) is 1.44. The Morgan fingerprint density at radius 1 is 1.46 bits per heavy atom. The maximum absolute atomic E-state index is 10.4. The van der Waals surface area contributed by atoms with Crippen LogP contribution < -0.4 is 5.32 Å². The lowest BCUT2D eigenvalue weighted by molar-refractivity contribution is 0.110. The summed E-state index contributed by atoms with van der Waals surface area (Å²) in [6.07, 6.45) is 3.79. The van der Waals surface area contributed by atoms with Crippen molar-refractivity contribution in [1.82, 2.24) is 5.32 Å². The molecule has 2 rings (SSSR count). The van der Waals surface area contributed by atoms with Crippen molar-refractivity contribution >= 4 is 11.9 Å². The molecule has 1 aromatic heterocycles. The van der Waals surface area contributed by atoms with Crippen molar-refractivity contribution in [2.45, 2.75) is 6.42 Å². The zero-order chi connectivity index (χ0) is 9.10. The van der Waals surface area contributed by atoms with Crippen LogP contribution >= 0.6 is 0 Å². The van der Waals surface area contributed by atoms with E-state index in [4.69, 9.17) is 4.42 Å². The Morgan fingerprint density at radius 2 is 2.38 bits per heavy atom. The molecule has 0 saturated carbocycles. The number of furan rings is 1. The number of rotatable bonds is 2. The van der Waals surface area contributed by atoms with Crippen LogP contribution in [0.1, 0.15) is 22.7 Å². The molecule has 68 valence electrons. The first-order chi connectivity index (χ1) is 6.40. The predicted molar refractivity (Wildman–Crippen MR) is 49.6 cm³/mol. The highest BCUT2D eigenvalue weighted by Gasteiger charge is 2.09. The van der Waals surface area contributed by atoms with Crippen LogP contribution in [0.15, 0.2) is 22.6 Å². The lowest BCUT2D eigenvalue weighted by Gasteiger charge is -2.11. The predicted octanol–water partition coefficient (Wildman–Crippen LogP) is 1.47. The van der Waals surface area contributed by atoms with Crippen molar-refractivity contribution in [1.29, 1.82) is 0 Å². The quantitative estimate of drug-likeness (QED) is 0.695. The summed E-state index contributed by atoms with van der Waals surface area (Å²) in [5, 5.41) is 3.22. The number of nitrogens with one attached hydrogen (secondary N) is 1. The summed E-state index contributed by atoms with van der Waals surface area (Å²) in [4.78, 5) is 10.4. The highest BCUT2D eigenvalue weighted by Crippen LogP contribution is 2.21. The van der Waals surface area contributed by atoms with Gasteiger partial charge in [-0.05, 0) is 30.7 Å². The molecule has 2 heterocycles. The topological polar surface area (TPSA) is 42.2 Å². The average molecular weight is 177 g/mol. The number of hydrogen-bond donors (Lipinski definition) is 1. The molecule has 0 aromatic carbocycles. The first-order valence-electron chi connectivity index (χ1n) is 4.35. The van der Waals surface area contributed by atoms with E-state index in [2.05, 4.69) is 11.4 Å². The van der Waals surface area contributed by atoms with E-state index in [0.29, 0.717) is 5.76 Å². The SMILES string of the molecule is O=Cc1ccc(C2=CCNCC2)o1. The first kappa shape index (κ1) is 8.26. The van der Waals surface area contributed by atoms with Crippen LogP contribution in [-0.2, 0) is 0 Å². The van der Waals surface area contributed by atoms with Crippen molar-refractivity contribution in [3.05, 3.63) is 29.7 Å². The molecule has 1 aromatic rings. The molecule has 0 saturated heterocycles. The van der Waals surface area contributed by atoms with Crippen LogP contribution in [0.5, 0.6) is 0 Å². The highest BCUT2D eigenvalue weighted by molar-refractivity contribution is 5.72. The molecule has 1 aliphatic rings. The molecule has 0 amide bonds. The molecule has 1 aliphatic heterocycles. The van der Waals surface area contributed by atoms with E-state index in [1.54, 1.807) is 6.07 Å². The van der Waals surface area contributed by atoms with E-state index in [9.17, 15) is 4.79 Å². The third kappa shape index (κ3) is 1.70. The Bertz CT molecular complexity index is 338.